The number of carbonyl (C=O) groups is 1. The van der Waals surface area contributed by atoms with Crippen molar-refractivity contribution in [2.75, 3.05) is 57.0 Å². The number of rotatable bonds is 4. The van der Waals surface area contributed by atoms with Gasteiger partial charge in [0, 0.05) is 27.2 Å². The number of amides is 1. The van der Waals surface area contributed by atoms with Crippen molar-refractivity contribution in [2.24, 2.45) is 0 Å². The molecule has 2 heterocycles. The molecule has 6 heteroatoms. The van der Waals surface area contributed by atoms with E-state index in [-0.39, 0.29) is 5.91 Å². The van der Waals surface area contributed by atoms with Crippen molar-refractivity contribution in [3.8, 4) is 0 Å². The van der Waals surface area contributed by atoms with Crippen molar-refractivity contribution in [1.29, 1.82) is 0 Å². The number of pyridine rings is 1. The molecule has 0 bridgehead atoms. The molecular formula is C14H23N5O. The highest BCUT2D eigenvalue weighted by Crippen LogP contribution is 2.11. The number of aromatic nitrogens is 1. The van der Waals surface area contributed by atoms with Crippen molar-refractivity contribution >= 4 is 17.4 Å². The van der Waals surface area contributed by atoms with Crippen LogP contribution in [0.25, 0.3) is 0 Å². The summed E-state index contributed by atoms with van der Waals surface area (Å²) in [6.45, 7) is 4.32. The van der Waals surface area contributed by atoms with E-state index in [4.69, 9.17) is 0 Å². The van der Waals surface area contributed by atoms with Gasteiger partial charge in [0.05, 0.1) is 18.4 Å². The largest absolute Gasteiger partial charge is 0.363 e. The van der Waals surface area contributed by atoms with Crippen LogP contribution in [0.15, 0.2) is 18.3 Å². The third kappa shape index (κ3) is 4.47. The summed E-state index contributed by atoms with van der Waals surface area (Å²) in [4.78, 5) is 20.4. The summed E-state index contributed by atoms with van der Waals surface area (Å²) in [7, 11) is 3.88. The van der Waals surface area contributed by atoms with Gasteiger partial charge >= 0.3 is 0 Å². The van der Waals surface area contributed by atoms with Gasteiger partial charge in [-0.25, -0.2) is 4.98 Å². The predicted octanol–water partition coefficient (Wildman–Crippen LogP) is 0.381. The summed E-state index contributed by atoms with van der Waals surface area (Å²) >= 11 is 0. The first-order valence-corrected chi connectivity index (χ1v) is 7.01. The van der Waals surface area contributed by atoms with Crippen LogP contribution in [-0.2, 0) is 4.79 Å². The lowest BCUT2D eigenvalue weighted by Gasteiger charge is -2.18. The number of carbonyl (C=O) groups excluding carboxylic acids is 1. The monoisotopic (exact) mass is 277 g/mol. The summed E-state index contributed by atoms with van der Waals surface area (Å²) in [5, 5.41) is 6.22. The highest BCUT2D eigenvalue weighted by molar-refractivity contribution is 5.92. The van der Waals surface area contributed by atoms with Gasteiger partial charge in [-0.05, 0) is 31.6 Å². The van der Waals surface area contributed by atoms with Gasteiger partial charge in [0.2, 0.25) is 5.91 Å². The second-order valence-corrected chi connectivity index (χ2v) is 5.23. The Hall–Kier alpha value is -1.66. The molecule has 0 saturated carbocycles. The molecule has 2 N–H and O–H groups in total. The zero-order valence-corrected chi connectivity index (χ0v) is 12.2. The molecule has 1 fully saturated rings. The zero-order valence-electron chi connectivity index (χ0n) is 12.2. The van der Waals surface area contributed by atoms with E-state index in [9.17, 15) is 4.79 Å². The Labute approximate surface area is 120 Å². The van der Waals surface area contributed by atoms with E-state index in [0.29, 0.717) is 6.54 Å². The fraction of sp³-hybridized carbons (Fsp3) is 0.571. The molecule has 1 saturated heterocycles. The Kier molecular flexibility index (Phi) is 5.31. The molecule has 6 nitrogen and oxygen atoms in total. The normalized spacial score (nSPS) is 16.5. The molecule has 0 spiro atoms. The fourth-order valence-corrected chi connectivity index (χ4v) is 2.19. The molecule has 0 atom stereocenters. The van der Waals surface area contributed by atoms with Gasteiger partial charge in [0.1, 0.15) is 5.82 Å². The van der Waals surface area contributed by atoms with Crippen LogP contribution in [0.4, 0.5) is 11.5 Å². The SMILES string of the molecule is CN(C)c1ccc(NC(=O)CN2CCCNCC2)cn1. The second-order valence-electron chi connectivity index (χ2n) is 5.23. The summed E-state index contributed by atoms with van der Waals surface area (Å²) in [5.41, 5.74) is 0.744. The van der Waals surface area contributed by atoms with E-state index in [1.165, 1.54) is 0 Å². The topological polar surface area (TPSA) is 60.5 Å². The number of nitrogens with one attached hydrogen (secondary N) is 2. The van der Waals surface area contributed by atoms with E-state index >= 15 is 0 Å². The fourth-order valence-electron chi connectivity index (χ4n) is 2.19. The van der Waals surface area contributed by atoms with Crippen molar-refractivity contribution in [3.63, 3.8) is 0 Å². The van der Waals surface area contributed by atoms with Gasteiger partial charge in [0.15, 0.2) is 0 Å². The maximum absolute atomic E-state index is 12.0. The minimum Gasteiger partial charge on any atom is -0.363 e. The van der Waals surface area contributed by atoms with E-state index in [1.807, 2.05) is 31.1 Å². The first-order valence-electron chi connectivity index (χ1n) is 7.01. The highest BCUT2D eigenvalue weighted by atomic mass is 16.2. The first kappa shape index (κ1) is 14.7. The van der Waals surface area contributed by atoms with Crippen LogP contribution in [0, 0.1) is 0 Å². The Morgan fingerprint density at radius 2 is 2.25 bits per heavy atom. The average Bonchev–Trinajstić information content (AvgIpc) is 2.68. The lowest BCUT2D eigenvalue weighted by atomic mass is 10.3. The van der Waals surface area contributed by atoms with Crippen LogP contribution in [-0.4, -0.2) is 62.6 Å². The molecular weight excluding hydrogens is 254 g/mol. The molecule has 20 heavy (non-hydrogen) atoms. The summed E-state index contributed by atoms with van der Waals surface area (Å²) in [6.07, 6.45) is 2.78. The van der Waals surface area contributed by atoms with Crippen LogP contribution in [0.1, 0.15) is 6.42 Å². The zero-order chi connectivity index (χ0) is 14.4. The number of hydrogen-bond donors (Lipinski definition) is 2. The highest BCUT2D eigenvalue weighted by Gasteiger charge is 2.12. The molecule has 0 unspecified atom stereocenters. The smallest absolute Gasteiger partial charge is 0.238 e. The number of nitrogens with zero attached hydrogens (tertiary/aromatic N) is 3. The van der Waals surface area contributed by atoms with Gasteiger partial charge in [-0.3, -0.25) is 9.69 Å². The third-order valence-corrected chi connectivity index (χ3v) is 3.29. The Bertz CT molecular complexity index is 424. The molecule has 1 aliphatic heterocycles. The van der Waals surface area contributed by atoms with Crippen LogP contribution in [0.3, 0.4) is 0 Å². The van der Waals surface area contributed by atoms with Gasteiger partial charge in [-0.1, -0.05) is 0 Å². The average molecular weight is 277 g/mol. The summed E-state index contributed by atoms with van der Waals surface area (Å²) < 4.78 is 0. The quantitative estimate of drug-likeness (QED) is 0.833. The van der Waals surface area contributed by atoms with Crippen LogP contribution in [0.5, 0.6) is 0 Å². The molecule has 0 aromatic carbocycles. The molecule has 2 rings (SSSR count). The number of anilines is 2. The van der Waals surface area contributed by atoms with E-state index < -0.39 is 0 Å². The summed E-state index contributed by atoms with van der Waals surface area (Å²) in [5.74, 6) is 0.896. The first-order chi connectivity index (χ1) is 9.65. The van der Waals surface area contributed by atoms with Gasteiger partial charge in [-0.15, -0.1) is 0 Å². The van der Waals surface area contributed by atoms with Crippen molar-refractivity contribution in [1.82, 2.24) is 15.2 Å². The minimum absolute atomic E-state index is 0.0197. The van der Waals surface area contributed by atoms with Gasteiger partial charge in [-0.2, -0.15) is 0 Å². The van der Waals surface area contributed by atoms with Crippen molar-refractivity contribution < 1.29 is 4.79 Å². The van der Waals surface area contributed by atoms with E-state index in [2.05, 4.69) is 20.5 Å². The van der Waals surface area contributed by atoms with Crippen molar-refractivity contribution in [3.05, 3.63) is 18.3 Å². The Morgan fingerprint density at radius 3 is 2.95 bits per heavy atom. The predicted molar refractivity (Wildman–Crippen MR) is 81.1 cm³/mol. The molecule has 1 aromatic heterocycles. The minimum atomic E-state index is 0.0197. The molecule has 0 radical (unpaired) electrons. The van der Waals surface area contributed by atoms with Crippen LogP contribution >= 0.6 is 0 Å². The van der Waals surface area contributed by atoms with Gasteiger partial charge in [0.25, 0.3) is 0 Å². The van der Waals surface area contributed by atoms with Crippen LogP contribution in [0.2, 0.25) is 0 Å². The molecule has 110 valence electrons. The van der Waals surface area contributed by atoms with Gasteiger partial charge < -0.3 is 15.5 Å². The lowest BCUT2D eigenvalue weighted by molar-refractivity contribution is -0.117. The third-order valence-electron chi connectivity index (χ3n) is 3.29. The lowest BCUT2D eigenvalue weighted by Crippen LogP contribution is -2.35. The number of hydrogen-bond acceptors (Lipinski definition) is 5. The standard InChI is InChI=1S/C14H23N5O/c1-18(2)13-5-4-12(10-16-13)17-14(20)11-19-8-3-6-15-7-9-19/h4-5,10,15H,3,6-9,11H2,1-2H3,(H,17,20). The molecule has 1 aliphatic rings. The van der Waals surface area contributed by atoms with Crippen LogP contribution < -0.4 is 15.5 Å². The maximum Gasteiger partial charge on any atom is 0.238 e. The molecule has 1 aromatic rings. The summed E-state index contributed by atoms with van der Waals surface area (Å²) in [6, 6.07) is 3.77. The molecule has 0 aliphatic carbocycles. The van der Waals surface area contributed by atoms with Crippen molar-refractivity contribution in [2.45, 2.75) is 6.42 Å². The molecule has 1 amide bonds. The Balaban J connectivity index is 1.84. The van der Waals surface area contributed by atoms with E-state index in [1.54, 1.807) is 6.20 Å². The Morgan fingerprint density at radius 1 is 1.40 bits per heavy atom. The van der Waals surface area contributed by atoms with E-state index in [0.717, 1.165) is 44.1 Å². The second kappa shape index (κ2) is 7.21. The maximum atomic E-state index is 12.0.